The number of aromatic nitrogens is 4. The number of hydrogen-bond acceptors (Lipinski definition) is 4. The zero-order valence-corrected chi connectivity index (χ0v) is 8.95. The highest BCUT2D eigenvalue weighted by molar-refractivity contribution is 5.40. The Hall–Kier alpha value is -1.91. The molecule has 0 radical (unpaired) electrons. The van der Waals surface area contributed by atoms with E-state index in [1.807, 2.05) is 30.3 Å². The molecule has 1 aliphatic heterocycles. The summed E-state index contributed by atoms with van der Waals surface area (Å²) in [6.07, 6.45) is 2.45. The highest BCUT2D eigenvalue weighted by atomic mass is 15.6. The third-order valence-corrected chi connectivity index (χ3v) is 2.84. The molecule has 1 saturated heterocycles. The molecule has 5 nitrogen and oxygen atoms in total. The minimum Gasteiger partial charge on any atom is -0.339 e. The monoisotopic (exact) mass is 215 g/mol. The minimum absolute atomic E-state index is 0.851. The molecular formula is C11H13N5. The van der Waals surface area contributed by atoms with Gasteiger partial charge in [0.05, 0.1) is 5.69 Å². The third-order valence-electron chi connectivity index (χ3n) is 2.84. The molecule has 82 valence electrons. The number of para-hydroxylation sites is 1. The molecule has 2 heterocycles. The average molecular weight is 215 g/mol. The van der Waals surface area contributed by atoms with Crippen LogP contribution in [0.2, 0.25) is 0 Å². The van der Waals surface area contributed by atoms with E-state index in [2.05, 4.69) is 20.4 Å². The number of tetrazole rings is 1. The largest absolute Gasteiger partial charge is 0.339 e. The lowest BCUT2D eigenvalue weighted by molar-refractivity contribution is 0.776. The van der Waals surface area contributed by atoms with Gasteiger partial charge in [-0.2, -0.15) is 4.68 Å². The van der Waals surface area contributed by atoms with Gasteiger partial charge in [-0.15, -0.1) is 0 Å². The highest BCUT2D eigenvalue weighted by Gasteiger charge is 2.19. The molecule has 0 spiro atoms. The molecule has 0 saturated carbocycles. The quantitative estimate of drug-likeness (QED) is 0.756. The van der Waals surface area contributed by atoms with Crippen molar-refractivity contribution in [3.05, 3.63) is 30.3 Å². The lowest BCUT2D eigenvalue weighted by Gasteiger charge is -2.15. The smallest absolute Gasteiger partial charge is 0.250 e. The summed E-state index contributed by atoms with van der Waals surface area (Å²) in [5.41, 5.74) is 1.01. The second kappa shape index (κ2) is 3.92. The summed E-state index contributed by atoms with van der Waals surface area (Å²) in [4.78, 5) is 2.23. The van der Waals surface area contributed by atoms with Crippen molar-refractivity contribution >= 4 is 5.95 Å². The van der Waals surface area contributed by atoms with E-state index < -0.39 is 0 Å². The van der Waals surface area contributed by atoms with Gasteiger partial charge < -0.3 is 4.90 Å². The second-order valence-corrected chi connectivity index (χ2v) is 3.92. The SMILES string of the molecule is c1ccc(-n2nnnc2N2CCCC2)cc1. The van der Waals surface area contributed by atoms with Gasteiger partial charge in [0.1, 0.15) is 0 Å². The predicted molar refractivity (Wildman–Crippen MR) is 60.6 cm³/mol. The summed E-state index contributed by atoms with van der Waals surface area (Å²) >= 11 is 0. The van der Waals surface area contributed by atoms with E-state index in [1.54, 1.807) is 4.68 Å². The molecule has 0 aliphatic carbocycles. The van der Waals surface area contributed by atoms with Gasteiger partial charge >= 0.3 is 0 Å². The third kappa shape index (κ3) is 1.54. The Morgan fingerprint density at radius 1 is 1.00 bits per heavy atom. The highest BCUT2D eigenvalue weighted by Crippen LogP contribution is 2.19. The Balaban J connectivity index is 1.99. The number of hydrogen-bond donors (Lipinski definition) is 0. The van der Waals surface area contributed by atoms with Crippen molar-refractivity contribution < 1.29 is 0 Å². The molecule has 1 aromatic carbocycles. The molecule has 3 rings (SSSR count). The summed E-state index contributed by atoms with van der Waals surface area (Å²) in [6, 6.07) is 9.99. The van der Waals surface area contributed by atoms with Gasteiger partial charge in [-0.1, -0.05) is 23.3 Å². The van der Waals surface area contributed by atoms with Gasteiger partial charge in [0.2, 0.25) is 5.95 Å². The first-order chi connectivity index (χ1) is 7.95. The van der Waals surface area contributed by atoms with Crippen LogP contribution in [0.1, 0.15) is 12.8 Å². The second-order valence-electron chi connectivity index (χ2n) is 3.92. The molecule has 0 atom stereocenters. The van der Waals surface area contributed by atoms with E-state index >= 15 is 0 Å². The van der Waals surface area contributed by atoms with E-state index in [4.69, 9.17) is 0 Å². The number of rotatable bonds is 2. The normalized spacial score (nSPS) is 15.6. The van der Waals surface area contributed by atoms with Crippen molar-refractivity contribution in [1.29, 1.82) is 0 Å². The Labute approximate surface area is 93.7 Å². The number of benzene rings is 1. The molecule has 5 heteroatoms. The van der Waals surface area contributed by atoms with Gasteiger partial charge in [-0.25, -0.2) is 0 Å². The van der Waals surface area contributed by atoms with E-state index in [-0.39, 0.29) is 0 Å². The maximum atomic E-state index is 4.10. The van der Waals surface area contributed by atoms with Crippen molar-refractivity contribution in [2.75, 3.05) is 18.0 Å². The van der Waals surface area contributed by atoms with Crippen LogP contribution >= 0.6 is 0 Å². The molecule has 1 aromatic heterocycles. The first kappa shape index (κ1) is 9.33. The Morgan fingerprint density at radius 2 is 1.75 bits per heavy atom. The fourth-order valence-corrected chi connectivity index (χ4v) is 2.03. The van der Waals surface area contributed by atoms with Crippen molar-refractivity contribution in [3.63, 3.8) is 0 Å². The van der Waals surface area contributed by atoms with Gasteiger partial charge in [-0.3, -0.25) is 0 Å². The van der Waals surface area contributed by atoms with Crippen molar-refractivity contribution in [1.82, 2.24) is 20.2 Å². The first-order valence-corrected chi connectivity index (χ1v) is 5.54. The lowest BCUT2D eigenvalue weighted by Crippen LogP contribution is -2.22. The van der Waals surface area contributed by atoms with Crippen molar-refractivity contribution in [2.45, 2.75) is 12.8 Å². The van der Waals surface area contributed by atoms with Gasteiger partial charge in [0, 0.05) is 13.1 Å². The Kier molecular flexibility index (Phi) is 2.29. The Bertz CT molecular complexity index is 458. The maximum Gasteiger partial charge on any atom is 0.250 e. The van der Waals surface area contributed by atoms with Crippen LogP contribution in [-0.4, -0.2) is 33.3 Å². The van der Waals surface area contributed by atoms with Gasteiger partial charge in [0.15, 0.2) is 0 Å². The zero-order valence-electron chi connectivity index (χ0n) is 8.95. The van der Waals surface area contributed by atoms with E-state index in [9.17, 15) is 0 Å². The molecule has 0 bridgehead atoms. The van der Waals surface area contributed by atoms with Crippen LogP contribution in [0.25, 0.3) is 5.69 Å². The molecular weight excluding hydrogens is 202 g/mol. The average Bonchev–Trinajstić information content (AvgIpc) is 3.01. The van der Waals surface area contributed by atoms with Crippen molar-refractivity contribution in [3.8, 4) is 5.69 Å². The summed E-state index contributed by atoms with van der Waals surface area (Å²) in [5.74, 6) is 0.851. The summed E-state index contributed by atoms with van der Waals surface area (Å²) in [5, 5.41) is 11.9. The fourth-order valence-electron chi connectivity index (χ4n) is 2.03. The molecule has 16 heavy (non-hydrogen) atoms. The van der Waals surface area contributed by atoms with E-state index in [1.165, 1.54) is 12.8 Å². The van der Waals surface area contributed by atoms with Crippen LogP contribution in [0.3, 0.4) is 0 Å². The maximum absolute atomic E-state index is 4.10. The Morgan fingerprint density at radius 3 is 2.50 bits per heavy atom. The van der Waals surface area contributed by atoms with Crippen LogP contribution in [0.4, 0.5) is 5.95 Å². The molecule has 0 unspecified atom stereocenters. The summed E-state index contributed by atoms with van der Waals surface area (Å²) < 4.78 is 1.80. The van der Waals surface area contributed by atoms with Crippen LogP contribution in [0.15, 0.2) is 30.3 Å². The van der Waals surface area contributed by atoms with Crippen LogP contribution < -0.4 is 4.90 Å². The summed E-state index contributed by atoms with van der Waals surface area (Å²) in [7, 11) is 0. The zero-order chi connectivity index (χ0) is 10.8. The molecule has 0 N–H and O–H groups in total. The van der Waals surface area contributed by atoms with Crippen LogP contribution in [0, 0.1) is 0 Å². The minimum atomic E-state index is 0.851. The first-order valence-electron chi connectivity index (χ1n) is 5.54. The van der Waals surface area contributed by atoms with Crippen LogP contribution in [0.5, 0.6) is 0 Å². The van der Waals surface area contributed by atoms with Gasteiger partial charge in [-0.05, 0) is 35.4 Å². The topological polar surface area (TPSA) is 46.8 Å². The molecule has 1 aliphatic rings. The van der Waals surface area contributed by atoms with E-state index in [0.29, 0.717) is 0 Å². The molecule has 1 fully saturated rings. The fraction of sp³-hybridized carbons (Fsp3) is 0.364. The van der Waals surface area contributed by atoms with Gasteiger partial charge in [0.25, 0.3) is 0 Å². The predicted octanol–water partition coefficient (Wildman–Crippen LogP) is 1.26. The van der Waals surface area contributed by atoms with Crippen molar-refractivity contribution in [2.24, 2.45) is 0 Å². The van der Waals surface area contributed by atoms with E-state index in [0.717, 1.165) is 24.7 Å². The van der Waals surface area contributed by atoms with Crippen LogP contribution in [-0.2, 0) is 0 Å². The standard InChI is InChI=1S/C11H13N5/c1-2-6-10(7-3-1)16-11(12-13-14-16)15-8-4-5-9-15/h1-3,6-7H,4-5,8-9H2. The molecule has 0 amide bonds. The number of nitrogens with zero attached hydrogens (tertiary/aromatic N) is 5. The molecule has 2 aromatic rings. The summed E-state index contributed by atoms with van der Waals surface area (Å²) in [6.45, 7) is 2.10. The lowest BCUT2D eigenvalue weighted by atomic mass is 10.3. The number of anilines is 1.